The van der Waals surface area contributed by atoms with Gasteiger partial charge in [-0.15, -0.1) is 0 Å². The lowest BCUT2D eigenvalue weighted by Gasteiger charge is -2.19. The Labute approximate surface area is 106 Å². The normalized spacial score (nSPS) is 18.1. The average Bonchev–Trinajstić information content (AvgIpc) is 2.38. The number of rotatable bonds is 2. The summed E-state index contributed by atoms with van der Waals surface area (Å²) in [4.78, 5) is 8.61. The van der Waals surface area contributed by atoms with Crippen molar-refractivity contribution in [1.29, 1.82) is 0 Å². The maximum Gasteiger partial charge on any atom is 0.144 e. The average molecular weight is 253 g/mol. The zero-order valence-corrected chi connectivity index (χ0v) is 10.5. The van der Waals surface area contributed by atoms with Gasteiger partial charge in [0, 0.05) is 18.0 Å². The van der Waals surface area contributed by atoms with E-state index in [1.54, 1.807) is 12.4 Å². The van der Waals surface area contributed by atoms with Crippen LogP contribution in [-0.4, -0.2) is 16.9 Å². The van der Waals surface area contributed by atoms with E-state index in [2.05, 4.69) is 15.4 Å². The van der Waals surface area contributed by atoms with Gasteiger partial charge in [0.25, 0.3) is 0 Å². The molecule has 1 aliphatic rings. The van der Waals surface area contributed by atoms with Crippen LogP contribution in [0.3, 0.4) is 0 Å². The highest BCUT2D eigenvalue weighted by molar-refractivity contribution is 6.33. The molecule has 1 heterocycles. The van der Waals surface area contributed by atoms with Crippen molar-refractivity contribution in [1.82, 2.24) is 10.4 Å². The SMILES string of the molecule is NNC(=NC1CCCCC1)c1ccncc1Cl. The molecule has 0 aromatic carbocycles. The first-order valence-electron chi connectivity index (χ1n) is 5.95. The van der Waals surface area contributed by atoms with E-state index in [0.717, 1.165) is 18.4 Å². The molecule has 0 unspecified atom stereocenters. The molecule has 0 radical (unpaired) electrons. The number of pyridine rings is 1. The standard InChI is InChI=1S/C12H17ClN4/c13-11-8-15-7-6-10(11)12(17-14)16-9-4-2-1-3-5-9/h6-9H,1-5,14H2,(H,16,17). The Hall–Kier alpha value is -1.13. The first kappa shape index (κ1) is 12.3. The van der Waals surface area contributed by atoms with Crippen LogP contribution in [-0.2, 0) is 0 Å². The molecule has 17 heavy (non-hydrogen) atoms. The molecule has 0 atom stereocenters. The number of halogens is 1. The summed E-state index contributed by atoms with van der Waals surface area (Å²) in [5, 5.41) is 0.569. The van der Waals surface area contributed by atoms with Gasteiger partial charge in [-0.05, 0) is 18.9 Å². The number of nitrogens with one attached hydrogen (secondary N) is 1. The van der Waals surface area contributed by atoms with E-state index in [4.69, 9.17) is 17.4 Å². The van der Waals surface area contributed by atoms with E-state index in [1.165, 1.54) is 19.3 Å². The summed E-state index contributed by atoms with van der Waals surface area (Å²) in [6.07, 6.45) is 9.36. The summed E-state index contributed by atoms with van der Waals surface area (Å²) < 4.78 is 0. The Morgan fingerprint density at radius 3 is 2.82 bits per heavy atom. The van der Waals surface area contributed by atoms with E-state index >= 15 is 0 Å². The van der Waals surface area contributed by atoms with Crippen molar-refractivity contribution in [3.8, 4) is 0 Å². The molecule has 1 saturated carbocycles. The van der Waals surface area contributed by atoms with Crippen LogP contribution in [0.4, 0.5) is 0 Å². The van der Waals surface area contributed by atoms with Gasteiger partial charge in [-0.1, -0.05) is 30.9 Å². The summed E-state index contributed by atoms with van der Waals surface area (Å²) in [6, 6.07) is 2.18. The molecule has 2 rings (SSSR count). The maximum absolute atomic E-state index is 6.08. The molecule has 0 aliphatic heterocycles. The number of amidine groups is 1. The minimum absolute atomic E-state index is 0.360. The van der Waals surface area contributed by atoms with Crippen molar-refractivity contribution in [2.45, 2.75) is 38.1 Å². The predicted octanol–water partition coefficient (Wildman–Crippen LogP) is 2.28. The van der Waals surface area contributed by atoms with Crippen LogP contribution in [0.15, 0.2) is 23.5 Å². The van der Waals surface area contributed by atoms with E-state index in [-0.39, 0.29) is 0 Å². The van der Waals surface area contributed by atoms with Gasteiger partial charge in [0.15, 0.2) is 0 Å². The Morgan fingerprint density at radius 2 is 2.18 bits per heavy atom. The summed E-state index contributed by atoms with van der Waals surface area (Å²) in [6.45, 7) is 0. The molecule has 1 aliphatic carbocycles. The number of aliphatic imine (C=N–C) groups is 1. The molecule has 0 spiro atoms. The van der Waals surface area contributed by atoms with Crippen LogP contribution in [0.2, 0.25) is 5.02 Å². The topological polar surface area (TPSA) is 63.3 Å². The highest BCUT2D eigenvalue weighted by atomic mass is 35.5. The molecular formula is C12H17ClN4. The monoisotopic (exact) mass is 252 g/mol. The van der Waals surface area contributed by atoms with Gasteiger partial charge in [-0.3, -0.25) is 9.98 Å². The fraction of sp³-hybridized carbons (Fsp3) is 0.500. The summed E-state index contributed by atoms with van der Waals surface area (Å²) in [5.41, 5.74) is 3.46. The number of nitrogens with zero attached hydrogens (tertiary/aromatic N) is 2. The van der Waals surface area contributed by atoms with Gasteiger partial charge in [-0.2, -0.15) is 0 Å². The summed E-state index contributed by atoms with van der Waals surface area (Å²) >= 11 is 6.08. The van der Waals surface area contributed by atoms with Crippen molar-refractivity contribution in [3.63, 3.8) is 0 Å². The van der Waals surface area contributed by atoms with Crippen molar-refractivity contribution in [2.24, 2.45) is 10.8 Å². The van der Waals surface area contributed by atoms with Crippen LogP contribution in [0.1, 0.15) is 37.7 Å². The third-order valence-electron chi connectivity index (χ3n) is 3.05. The van der Waals surface area contributed by atoms with E-state index in [0.29, 0.717) is 16.9 Å². The molecule has 1 aromatic heterocycles. The van der Waals surface area contributed by atoms with Crippen LogP contribution in [0.25, 0.3) is 0 Å². The van der Waals surface area contributed by atoms with E-state index in [1.807, 2.05) is 6.07 Å². The predicted molar refractivity (Wildman–Crippen MR) is 70.0 cm³/mol. The van der Waals surface area contributed by atoms with Crippen LogP contribution in [0.5, 0.6) is 0 Å². The molecule has 4 nitrogen and oxygen atoms in total. The van der Waals surface area contributed by atoms with Crippen molar-refractivity contribution >= 4 is 17.4 Å². The molecule has 3 N–H and O–H groups in total. The molecule has 1 fully saturated rings. The summed E-state index contributed by atoms with van der Waals surface area (Å²) in [5.74, 6) is 6.19. The molecular weight excluding hydrogens is 236 g/mol. The van der Waals surface area contributed by atoms with Gasteiger partial charge in [-0.25, -0.2) is 5.84 Å². The minimum atomic E-state index is 0.360. The van der Waals surface area contributed by atoms with Gasteiger partial charge in [0.1, 0.15) is 5.84 Å². The Kier molecular flexibility index (Phi) is 4.34. The van der Waals surface area contributed by atoms with Crippen LogP contribution < -0.4 is 11.3 Å². The van der Waals surface area contributed by atoms with Gasteiger partial charge >= 0.3 is 0 Å². The Bertz CT molecular complexity index is 399. The fourth-order valence-electron chi connectivity index (χ4n) is 2.14. The number of hydrogen-bond donors (Lipinski definition) is 2. The van der Waals surface area contributed by atoms with Crippen molar-refractivity contribution in [2.75, 3.05) is 0 Å². The molecule has 0 amide bonds. The van der Waals surface area contributed by atoms with Gasteiger partial charge < -0.3 is 5.43 Å². The van der Waals surface area contributed by atoms with Gasteiger partial charge in [0.2, 0.25) is 0 Å². The number of aromatic nitrogens is 1. The second-order valence-corrected chi connectivity index (χ2v) is 4.68. The zero-order valence-electron chi connectivity index (χ0n) is 9.69. The smallest absolute Gasteiger partial charge is 0.144 e. The molecule has 0 saturated heterocycles. The highest BCUT2D eigenvalue weighted by Crippen LogP contribution is 2.21. The third-order valence-corrected chi connectivity index (χ3v) is 3.35. The first-order valence-corrected chi connectivity index (χ1v) is 6.33. The number of hydrogen-bond acceptors (Lipinski definition) is 3. The first-order chi connectivity index (χ1) is 8.31. The van der Waals surface area contributed by atoms with Crippen molar-refractivity contribution in [3.05, 3.63) is 29.0 Å². The maximum atomic E-state index is 6.08. The lowest BCUT2D eigenvalue weighted by Crippen LogP contribution is -2.33. The molecule has 5 heteroatoms. The third kappa shape index (κ3) is 3.17. The second-order valence-electron chi connectivity index (χ2n) is 4.27. The number of hydrazine groups is 1. The number of nitrogens with two attached hydrogens (primary N) is 1. The quantitative estimate of drug-likeness (QED) is 0.367. The molecule has 0 bridgehead atoms. The Morgan fingerprint density at radius 1 is 1.41 bits per heavy atom. The highest BCUT2D eigenvalue weighted by Gasteiger charge is 2.14. The van der Waals surface area contributed by atoms with E-state index in [9.17, 15) is 0 Å². The minimum Gasteiger partial charge on any atom is -0.308 e. The largest absolute Gasteiger partial charge is 0.308 e. The van der Waals surface area contributed by atoms with Gasteiger partial charge in [0.05, 0.1) is 11.1 Å². The lowest BCUT2D eigenvalue weighted by atomic mass is 9.96. The zero-order chi connectivity index (χ0) is 12.1. The second kappa shape index (κ2) is 5.98. The van der Waals surface area contributed by atoms with Crippen molar-refractivity contribution < 1.29 is 0 Å². The molecule has 1 aromatic rings. The van der Waals surface area contributed by atoms with Crippen LogP contribution in [0, 0.1) is 0 Å². The summed E-state index contributed by atoms with van der Waals surface area (Å²) in [7, 11) is 0. The Balaban J connectivity index is 2.20. The fourth-order valence-corrected chi connectivity index (χ4v) is 2.35. The van der Waals surface area contributed by atoms with E-state index < -0.39 is 0 Å². The molecule has 92 valence electrons. The lowest BCUT2D eigenvalue weighted by molar-refractivity contribution is 0.442. The van der Waals surface area contributed by atoms with Crippen LogP contribution >= 0.6 is 11.6 Å².